The summed E-state index contributed by atoms with van der Waals surface area (Å²) in [6.45, 7) is 0.879. The Kier molecular flexibility index (Phi) is 5.56. The minimum absolute atomic E-state index is 0.000474. The molecule has 2 aromatic rings. The average molecular weight is 340 g/mol. The number of urea groups is 1. The summed E-state index contributed by atoms with van der Waals surface area (Å²) >= 11 is 0. The van der Waals surface area contributed by atoms with Crippen molar-refractivity contribution < 1.29 is 14.6 Å². The van der Waals surface area contributed by atoms with Gasteiger partial charge in [0.25, 0.3) is 0 Å². The fraction of sp³-hybridized carbons (Fsp3) is 0.350. The number of aliphatic hydroxyl groups is 1. The van der Waals surface area contributed by atoms with Crippen LogP contribution >= 0.6 is 0 Å². The second-order valence-corrected chi connectivity index (χ2v) is 6.23. The molecule has 1 fully saturated rings. The van der Waals surface area contributed by atoms with Crippen molar-refractivity contribution in [2.45, 2.75) is 25.4 Å². The second-order valence-electron chi connectivity index (χ2n) is 6.23. The molecule has 1 saturated carbocycles. The summed E-state index contributed by atoms with van der Waals surface area (Å²) in [4.78, 5) is 14.0. The monoisotopic (exact) mass is 340 g/mol. The van der Waals surface area contributed by atoms with Crippen molar-refractivity contribution in [1.29, 1.82) is 0 Å². The third kappa shape index (κ3) is 4.51. The van der Waals surface area contributed by atoms with Crippen LogP contribution in [-0.4, -0.2) is 42.3 Å². The van der Waals surface area contributed by atoms with E-state index < -0.39 is 0 Å². The molecule has 2 aromatic carbocycles. The first-order valence-corrected chi connectivity index (χ1v) is 8.60. The van der Waals surface area contributed by atoms with Crippen LogP contribution in [0.2, 0.25) is 0 Å². The maximum absolute atomic E-state index is 12.2. The fourth-order valence-corrected chi connectivity index (χ4v) is 2.82. The van der Waals surface area contributed by atoms with Crippen molar-refractivity contribution in [3.63, 3.8) is 0 Å². The zero-order valence-electron chi connectivity index (χ0n) is 14.4. The number of nitrogens with one attached hydrogen (secondary N) is 1. The third-order valence-electron chi connectivity index (χ3n) is 4.41. The number of nitrogens with zero attached hydrogens (tertiary/aromatic N) is 1. The molecule has 1 aliphatic carbocycles. The molecule has 2 amide bonds. The van der Waals surface area contributed by atoms with E-state index in [0.29, 0.717) is 19.1 Å². The molecule has 5 nitrogen and oxygen atoms in total. The topological polar surface area (TPSA) is 61.8 Å². The van der Waals surface area contributed by atoms with Crippen molar-refractivity contribution in [1.82, 2.24) is 10.2 Å². The van der Waals surface area contributed by atoms with Crippen molar-refractivity contribution in [3.8, 4) is 16.9 Å². The average Bonchev–Trinajstić information content (AvgIpc) is 3.50. The summed E-state index contributed by atoms with van der Waals surface area (Å²) in [7, 11) is 1.66. The molecule has 0 aliphatic heterocycles. The first-order chi connectivity index (χ1) is 12.2. The SMILES string of the molecule is COc1ccc(-c2ccc(CNC(=O)N(CCO)C3CC3)cc2)cc1. The van der Waals surface area contributed by atoms with Gasteiger partial charge in [0.1, 0.15) is 5.75 Å². The van der Waals surface area contributed by atoms with E-state index in [4.69, 9.17) is 9.84 Å². The summed E-state index contributed by atoms with van der Waals surface area (Å²) in [5.74, 6) is 0.839. The van der Waals surface area contributed by atoms with Gasteiger partial charge in [0.2, 0.25) is 0 Å². The normalized spacial score (nSPS) is 13.4. The first-order valence-electron chi connectivity index (χ1n) is 8.60. The summed E-state index contributed by atoms with van der Waals surface area (Å²) in [5.41, 5.74) is 3.29. The summed E-state index contributed by atoms with van der Waals surface area (Å²) in [6, 6.07) is 16.3. The molecular weight excluding hydrogens is 316 g/mol. The lowest BCUT2D eigenvalue weighted by molar-refractivity contribution is 0.173. The lowest BCUT2D eigenvalue weighted by atomic mass is 10.0. The molecule has 1 aliphatic rings. The molecule has 0 aromatic heterocycles. The molecule has 0 bridgehead atoms. The highest BCUT2D eigenvalue weighted by atomic mass is 16.5. The van der Waals surface area contributed by atoms with Gasteiger partial charge >= 0.3 is 6.03 Å². The number of benzene rings is 2. The number of methoxy groups -OCH3 is 1. The Labute approximate surface area is 148 Å². The van der Waals surface area contributed by atoms with Gasteiger partial charge in [-0.25, -0.2) is 4.79 Å². The van der Waals surface area contributed by atoms with E-state index in [2.05, 4.69) is 17.4 Å². The predicted molar refractivity (Wildman–Crippen MR) is 97.5 cm³/mol. The third-order valence-corrected chi connectivity index (χ3v) is 4.41. The number of ether oxygens (including phenoxy) is 1. The number of aliphatic hydroxyl groups excluding tert-OH is 1. The Hall–Kier alpha value is -2.53. The van der Waals surface area contributed by atoms with Gasteiger partial charge in [-0.1, -0.05) is 36.4 Å². The number of hydrogen-bond donors (Lipinski definition) is 2. The highest BCUT2D eigenvalue weighted by Gasteiger charge is 2.31. The minimum Gasteiger partial charge on any atom is -0.497 e. The van der Waals surface area contributed by atoms with Crippen LogP contribution in [0.25, 0.3) is 11.1 Å². The van der Waals surface area contributed by atoms with Gasteiger partial charge in [0.05, 0.1) is 13.7 Å². The number of amides is 2. The van der Waals surface area contributed by atoms with Crippen molar-refractivity contribution >= 4 is 6.03 Å². The zero-order chi connectivity index (χ0) is 17.6. The molecule has 0 radical (unpaired) electrons. The number of rotatable bonds is 7. The van der Waals surface area contributed by atoms with Crippen molar-refractivity contribution in [2.24, 2.45) is 0 Å². The van der Waals surface area contributed by atoms with Crippen LogP contribution in [0, 0.1) is 0 Å². The lowest BCUT2D eigenvalue weighted by Crippen LogP contribution is -2.42. The minimum atomic E-state index is -0.101. The number of carbonyl (C=O) groups is 1. The quantitative estimate of drug-likeness (QED) is 0.814. The Morgan fingerprint density at radius 2 is 1.72 bits per heavy atom. The van der Waals surface area contributed by atoms with E-state index in [1.165, 1.54) is 0 Å². The summed E-state index contributed by atoms with van der Waals surface area (Å²) in [5, 5.41) is 12.0. The molecule has 5 heteroatoms. The fourth-order valence-electron chi connectivity index (χ4n) is 2.82. The van der Waals surface area contributed by atoms with Crippen LogP contribution in [0.4, 0.5) is 4.79 Å². The maximum Gasteiger partial charge on any atom is 0.317 e. The molecule has 0 heterocycles. The van der Waals surface area contributed by atoms with Gasteiger partial charge in [-0.05, 0) is 41.7 Å². The number of carbonyl (C=O) groups excluding carboxylic acids is 1. The Morgan fingerprint density at radius 3 is 2.24 bits per heavy atom. The smallest absolute Gasteiger partial charge is 0.317 e. The lowest BCUT2D eigenvalue weighted by Gasteiger charge is -2.21. The molecule has 25 heavy (non-hydrogen) atoms. The number of hydrogen-bond acceptors (Lipinski definition) is 3. The van der Waals surface area contributed by atoms with Gasteiger partial charge in [-0.3, -0.25) is 0 Å². The van der Waals surface area contributed by atoms with Gasteiger partial charge < -0.3 is 20.1 Å². The molecule has 0 saturated heterocycles. The second kappa shape index (κ2) is 8.03. The summed E-state index contributed by atoms with van der Waals surface area (Å²) in [6.07, 6.45) is 2.06. The molecule has 0 spiro atoms. The largest absolute Gasteiger partial charge is 0.497 e. The molecule has 0 unspecified atom stereocenters. The predicted octanol–water partition coefficient (Wildman–Crippen LogP) is 3.03. The van der Waals surface area contributed by atoms with E-state index >= 15 is 0 Å². The zero-order valence-corrected chi connectivity index (χ0v) is 14.4. The molecule has 3 rings (SSSR count). The van der Waals surface area contributed by atoms with Crippen LogP contribution in [0.5, 0.6) is 5.75 Å². The van der Waals surface area contributed by atoms with Gasteiger partial charge in [0, 0.05) is 19.1 Å². The Balaban J connectivity index is 1.57. The molecule has 132 valence electrons. The van der Waals surface area contributed by atoms with Crippen LogP contribution < -0.4 is 10.1 Å². The Morgan fingerprint density at radius 1 is 1.12 bits per heavy atom. The van der Waals surface area contributed by atoms with Crippen molar-refractivity contribution in [3.05, 3.63) is 54.1 Å². The molecule has 2 N–H and O–H groups in total. The highest BCUT2D eigenvalue weighted by Crippen LogP contribution is 2.26. The van der Waals surface area contributed by atoms with E-state index in [0.717, 1.165) is 35.3 Å². The first kappa shape index (κ1) is 17.3. The van der Waals surface area contributed by atoms with E-state index in [-0.39, 0.29) is 12.6 Å². The van der Waals surface area contributed by atoms with Crippen LogP contribution in [0.3, 0.4) is 0 Å². The van der Waals surface area contributed by atoms with E-state index in [1.54, 1.807) is 12.0 Å². The highest BCUT2D eigenvalue weighted by molar-refractivity contribution is 5.75. The van der Waals surface area contributed by atoms with Crippen LogP contribution in [-0.2, 0) is 6.54 Å². The maximum atomic E-state index is 12.2. The van der Waals surface area contributed by atoms with Gasteiger partial charge in [-0.15, -0.1) is 0 Å². The van der Waals surface area contributed by atoms with E-state index in [1.807, 2.05) is 36.4 Å². The molecule has 0 atom stereocenters. The van der Waals surface area contributed by atoms with Crippen molar-refractivity contribution in [2.75, 3.05) is 20.3 Å². The van der Waals surface area contributed by atoms with E-state index in [9.17, 15) is 4.79 Å². The Bertz CT molecular complexity index is 694. The van der Waals surface area contributed by atoms with Gasteiger partial charge in [0.15, 0.2) is 0 Å². The van der Waals surface area contributed by atoms with Crippen LogP contribution in [0.1, 0.15) is 18.4 Å². The van der Waals surface area contributed by atoms with Gasteiger partial charge in [-0.2, -0.15) is 0 Å². The molecular formula is C20H24N2O3. The standard InChI is InChI=1S/C20H24N2O3/c1-25-19-10-6-17(7-11-19)16-4-2-15(3-5-16)14-21-20(24)22(12-13-23)18-8-9-18/h2-7,10-11,18,23H,8-9,12-14H2,1H3,(H,21,24). The summed E-state index contributed by atoms with van der Waals surface area (Å²) < 4.78 is 5.18. The van der Waals surface area contributed by atoms with Crippen LogP contribution in [0.15, 0.2) is 48.5 Å².